The summed E-state index contributed by atoms with van der Waals surface area (Å²) in [5.41, 5.74) is -0.143. The van der Waals surface area contributed by atoms with E-state index in [1.165, 1.54) is 19.4 Å². The number of rotatable bonds is 3. The number of esters is 1. The van der Waals surface area contributed by atoms with Crippen molar-refractivity contribution in [2.45, 2.75) is 0 Å². The van der Waals surface area contributed by atoms with E-state index in [1.54, 1.807) is 4.90 Å². The summed E-state index contributed by atoms with van der Waals surface area (Å²) in [4.78, 5) is 27.7. The van der Waals surface area contributed by atoms with Crippen LogP contribution in [-0.4, -0.2) is 49.3 Å². The van der Waals surface area contributed by atoms with Gasteiger partial charge in [-0.1, -0.05) is 0 Å². The van der Waals surface area contributed by atoms with E-state index in [1.807, 2.05) is 0 Å². The minimum Gasteiger partial charge on any atom is -0.465 e. The summed E-state index contributed by atoms with van der Waals surface area (Å²) in [6.07, 6.45) is 1.28. The summed E-state index contributed by atoms with van der Waals surface area (Å²) in [6, 6.07) is 1.18. The number of hydrogen-bond acceptors (Lipinski definition) is 7. The van der Waals surface area contributed by atoms with Crippen molar-refractivity contribution in [2.75, 3.05) is 38.3 Å². The lowest BCUT2D eigenvalue weighted by Gasteiger charge is -2.27. The molecule has 1 saturated heterocycles. The van der Waals surface area contributed by atoms with Crippen LogP contribution in [0.25, 0.3) is 0 Å². The van der Waals surface area contributed by atoms with Gasteiger partial charge in [-0.05, 0) is 0 Å². The molecule has 0 bridgehead atoms. The third-order valence-electron chi connectivity index (χ3n) is 2.78. The number of methoxy groups -OCH3 is 1. The number of morpholine rings is 1. The Morgan fingerprint density at radius 1 is 1.53 bits per heavy atom. The first-order valence-corrected chi connectivity index (χ1v) is 5.69. The Morgan fingerprint density at radius 2 is 2.21 bits per heavy atom. The normalized spacial score (nSPS) is 15.1. The van der Waals surface area contributed by atoms with Crippen LogP contribution in [0.5, 0.6) is 0 Å². The van der Waals surface area contributed by atoms with E-state index in [4.69, 9.17) is 4.74 Å². The van der Waals surface area contributed by atoms with Crippen LogP contribution in [-0.2, 0) is 9.47 Å². The molecule has 8 nitrogen and oxygen atoms in total. The minimum atomic E-state index is -0.649. The van der Waals surface area contributed by atoms with Crippen molar-refractivity contribution < 1.29 is 19.2 Å². The van der Waals surface area contributed by atoms with Gasteiger partial charge in [0, 0.05) is 25.4 Å². The van der Waals surface area contributed by atoms with E-state index in [2.05, 4.69) is 9.72 Å². The maximum Gasteiger partial charge on any atom is 0.339 e. The number of aromatic nitrogens is 1. The Morgan fingerprint density at radius 3 is 2.79 bits per heavy atom. The van der Waals surface area contributed by atoms with Gasteiger partial charge >= 0.3 is 11.7 Å². The summed E-state index contributed by atoms with van der Waals surface area (Å²) < 4.78 is 9.71. The van der Waals surface area contributed by atoms with E-state index in [0.717, 1.165) is 0 Å². The summed E-state index contributed by atoms with van der Waals surface area (Å²) >= 11 is 0. The molecule has 1 aliphatic rings. The molecule has 0 radical (unpaired) electrons. The topological polar surface area (TPSA) is 94.8 Å². The molecule has 8 heteroatoms. The molecule has 0 spiro atoms. The van der Waals surface area contributed by atoms with Gasteiger partial charge in [0.15, 0.2) is 0 Å². The fraction of sp³-hybridized carbons (Fsp3) is 0.455. The molecule has 0 atom stereocenters. The van der Waals surface area contributed by atoms with Crippen molar-refractivity contribution in [3.63, 3.8) is 0 Å². The van der Waals surface area contributed by atoms with Crippen molar-refractivity contribution in [1.82, 2.24) is 4.98 Å². The fourth-order valence-corrected chi connectivity index (χ4v) is 1.83. The second-order valence-corrected chi connectivity index (χ2v) is 3.91. The number of nitrogens with zero attached hydrogens (tertiary/aromatic N) is 3. The second kappa shape index (κ2) is 5.61. The molecular weight excluding hydrogens is 254 g/mol. The van der Waals surface area contributed by atoms with Crippen molar-refractivity contribution in [3.05, 3.63) is 27.9 Å². The molecule has 0 unspecified atom stereocenters. The molecule has 19 heavy (non-hydrogen) atoms. The molecular formula is C11H13N3O5. The zero-order chi connectivity index (χ0) is 13.8. The molecule has 0 N–H and O–H groups in total. The van der Waals surface area contributed by atoms with Crippen LogP contribution in [0.1, 0.15) is 10.4 Å². The number of nitro groups is 1. The Labute approximate surface area is 109 Å². The number of ether oxygens (including phenoxy) is 2. The zero-order valence-electron chi connectivity index (χ0n) is 10.4. The van der Waals surface area contributed by atoms with Crippen LogP contribution in [0, 0.1) is 10.1 Å². The van der Waals surface area contributed by atoms with Gasteiger partial charge in [-0.3, -0.25) is 10.1 Å². The number of carbonyl (C=O) groups is 1. The first-order chi connectivity index (χ1) is 9.13. The SMILES string of the molecule is COC(=O)c1cnc(N2CCOCC2)c([N+](=O)[O-])c1. The minimum absolute atomic E-state index is 0.0613. The first kappa shape index (κ1) is 13.2. The van der Waals surface area contributed by atoms with Crippen molar-refractivity contribution in [2.24, 2.45) is 0 Å². The van der Waals surface area contributed by atoms with Crippen LogP contribution in [0.4, 0.5) is 11.5 Å². The quantitative estimate of drug-likeness (QED) is 0.450. The summed E-state index contributed by atoms with van der Waals surface area (Å²) in [6.45, 7) is 2.06. The van der Waals surface area contributed by atoms with Crippen LogP contribution in [0.3, 0.4) is 0 Å². The van der Waals surface area contributed by atoms with E-state index >= 15 is 0 Å². The Balaban J connectivity index is 2.37. The van der Waals surface area contributed by atoms with Gasteiger partial charge in [0.1, 0.15) is 0 Å². The lowest BCUT2D eigenvalue weighted by atomic mass is 10.2. The lowest BCUT2D eigenvalue weighted by molar-refractivity contribution is -0.384. The van der Waals surface area contributed by atoms with E-state index < -0.39 is 10.9 Å². The van der Waals surface area contributed by atoms with Gasteiger partial charge in [-0.25, -0.2) is 9.78 Å². The Hall–Kier alpha value is -2.22. The first-order valence-electron chi connectivity index (χ1n) is 5.69. The van der Waals surface area contributed by atoms with Crippen molar-refractivity contribution >= 4 is 17.5 Å². The summed E-state index contributed by atoms with van der Waals surface area (Å²) in [7, 11) is 1.21. The van der Waals surface area contributed by atoms with Crippen molar-refractivity contribution in [3.8, 4) is 0 Å². The molecule has 2 rings (SSSR count). The maximum absolute atomic E-state index is 11.4. The van der Waals surface area contributed by atoms with E-state index in [0.29, 0.717) is 26.3 Å². The van der Waals surface area contributed by atoms with Crippen molar-refractivity contribution in [1.29, 1.82) is 0 Å². The van der Waals surface area contributed by atoms with Gasteiger partial charge in [0.2, 0.25) is 5.82 Å². The molecule has 0 aromatic carbocycles. The Bertz CT molecular complexity index is 499. The van der Waals surface area contributed by atoms with Crippen LogP contribution in [0.15, 0.2) is 12.3 Å². The highest BCUT2D eigenvalue weighted by Crippen LogP contribution is 2.27. The van der Waals surface area contributed by atoms with Gasteiger partial charge in [0.25, 0.3) is 0 Å². The molecule has 0 saturated carbocycles. The van der Waals surface area contributed by atoms with Gasteiger partial charge in [0.05, 0.1) is 30.8 Å². The van der Waals surface area contributed by atoms with Crippen LogP contribution in [0.2, 0.25) is 0 Å². The molecule has 1 aromatic heterocycles. The van der Waals surface area contributed by atoms with Crippen LogP contribution < -0.4 is 4.90 Å². The number of hydrogen-bond donors (Lipinski definition) is 0. The van der Waals surface area contributed by atoms with E-state index in [-0.39, 0.29) is 17.1 Å². The standard InChI is InChI=1S/C11H13N3O5/c1-18-11(15)8-6-9(14(16)17)10(12-7-8)13-2-4-19-5-3-13/h6-7H,2-5H2,1H3. The van der Waals surface area contributed by atoms with Crippen LogP contribution >= 0.6 is 0 Å². The molecule has 1 aliphatic heterocycles. The average Bonchev–Trinajstić information content (AvgIpc) is 2.46. The second-order valence-electron chi connectivity index (χ2n) is 3.91. The predicted octanol–water partition coefficient (Wildman–Crippen LogP) is 0.613. The highest BCUT2D eigenvalue weighted by atomic mass is 16.6. The zero-order valence-corrected chi connectivity index (χ0v) is 10.4. The number of anilines is 1. The lowest BCUT2D eigenvalue weighted by Crippen LogP contribution is -2.37. The third-order valence-corrected chi connectivity index (χ3v) is 2.78. The Kier molecular flexibility index (Phi) is 3.91. The smallest absolute Gasteiger partial charge is 0.339 e. The molecule has 0 aliphatic carbocycles. The van der Waals surface area contributed by atoms with Gasteiger partial charge < -0.3 is 14.4 Å². The predicted molar refractivity (Wildman–Crippen MR) is 65.3 cm³/mol. The molecule has 1 aromatic rings. The van der Waals surface area contributed by atoms with E-state index in [9.17, 15) is 14.9 Å². The highest BCUT2D eigenvalue weighted by Gasteiger charge is 2.25. The molecule has 2 heterocycles. The average molecular weight is 267 g/mol. The third kappa shape index (κ3) is 2.79. The fourth-order valence-electron chi connectivity index (χ4n) is 1.83. The number of carbonyl (C=O) groups excluding carboxylic acids is 1. The molecule has 102 valence electrons. The van der Waals surface area contributed by atoms with Gasteiger partial charge in [-0.15, -0.1) is 0 Å². The molecule has 0 amide bonds. The monoisotopic (exact) mass is 267 g/mol. The summed E-state index contributed by atoms with van der Waals surface area (Å²) in [5.74, 6) is -0.398. The largest absolute Gasteiger partial charge is 0.465 e. The van der Waals surface area contributed by atoms with Gasteiger partial charge in [-0.2, -0.15) is 0 Å². The number of pyridine rings is 1. The molecule has 1 fully saturated rings. The summed E-state index contributed by atoms with van der Waals surface area (Å²) in [5, 5.41) is 11.1. The maximum atomic E-state index is 11.4. The highest BCUT2D eigenvalue weighted by molar-refractivity contribution is 5.90.